The maximum absolute atomic E-state index is 14.2. The van der Waals surface area contributed by atoms with Crippen molar-refractivity contribution in [2.45, 2.75) is 65.6 Å². The quantitative estimate of drug-likeness (QED) is 0.215. The average molecular weight is 665 g/mol. The van der Waals surface area contributed by atoms with E-state index in [4.69, 9.17) is 20.9 Å². The van der Waals surface area contributed by atoms with E-state index in [0.717, 1.165) is 25.0 Å². The molecule has 12 heteroatoms. The molecule has 48 heavy (non-hydrogen) atoms. The van der Waals surface area contributed by atoms with Gasteiger partial charge in [-0.3, -0.25) is 9.59 Å². The Morgan fingerprint density at radius 1 is 0.646 bits per heavy atom. The number of hydrogen-bond acceptors (Lipinski definition) is 6. The van der Waals surface area contributed by atoms with Crippen LogP contribution in [0.25, 0.3) is 22.3 Å². The van der Waals surface area contributed by atoms with E-state index in [9.17, 15) is 27.2 Å². The Balaban J connectivity index is 0.000000188. The van der Waals surface area contributed by atoms with Gasteiger partial charge in [0.2, 0.25) is 11.8 Å². The monoisotopic (exact) mass is 664 g/mol. The Bertz CT molecular complexity index is 1750. The number of nitrogens with zero attached hydrogens (tertiary/aromatic N) is 2. The first-order valence-electron chi connectivity index (χ1n) is 15.6. The summed E-state index contributed by atoms with van der Waals surface area (Å²) in [5, 5.41) is 0. The fourth-order valence-electron chi connectivity index (χ4n) is 5.84. The zero-order valence-corrected chi connectivity index (χ0v) is 27.0. The third-order valence-corrected chi connectivity index (χ3v) is 8.49. The first-order chi connectivity index (χ1) is 22.7. The molecule has 8 nitrogen and oxygen atoms in total. The molecule has 4 aromatic rings. The lowest BCUT2D eigenvalue weighted by Crippen LogP contribution is -2.29. The maximum Gasteiger partial charge on any atom is 0.267 e. The van der Waals surface area contributed by atoms with Gasteiger partial charge in [0.05, 0.1) is 0 Å². The number of ether oxygens (including phenoxy) is 2. The van der Waals surface area contributed by atoms with E-state index in [-0.39, 0.29) is 46.6 Å². The van der Waals surface area contributed by atoms with E-state index in [1.807, 2.05) is 27.7 Å². The molecule has 6 rings (SSSR count). The Morgan fingerprint density at radius 3 is 1.33 bits per heavy atom. The zero-order chi connectivity index (χ0) is 34.9. The molecule has 0 bridgehead atoms. The van der Waals surface area contributed by atoms with Crippen LogP contribution in [0.4, 0.5) is 17.6 Å². The van der Waals surface area contributed by atoms with Crippen LogP contribution in [-0.4, -0.2) is 34.0 Å². The number of rotatable bonds is 6. The fourth-order valence-corrected chi connectivity index (χ4v) is 5.84. The highest BCUT2D eigenvalue weighted by atomic mass is 19.1. The van der Waals surface area contributed by atoms with Crippen LogP contribution in [-0.2, 0) is 12.8 Å². The summed E-state index contributed by atoms with van der Waals surface area (Å²) in [7, 11) is 0. The molecule has 0 saturated heterocycles. The first-order valence-corrected chi connectivity index (χ1v) is 15.6. The number of primary amides is 2. The molecule has 0 aliphatic carbocycles. The van der Waals surface area contributed by atoms with Gasteiger partial charge in [0.15, 0.2) is 0 Å². The maximum atomic E-state index is 14.2. The fraction of sp³-hybridized carbons (Fsp3) is 0.333. The van der Waals surface area contributed by atoms with E-state index >= 15 is 0 Å². The van der Waals surface area contributed by atoms with Gasteiger partial charge in [0.1, 0.15) is 46.9 Å². The second kappa shape index (κ2) is 14.0. The summed E-state index contributed by atoms with van der Waals surface area (Å²) in [5.41, 5.74) is 13.4. The van der Waals surface area contributed by atoms with Gasteiger partial charge in [-0.05, 0) is 85.0 Å². The van der Waals surface area contributed by atoms with Gasteiger partial charge in [0.25, 0.3) is 11.8 Å². The van der Waals surface area contributed by atoms with Crippen molar-refractivity contribution in [3.63, 3.8) is 0 Å². The smallest absolute Gasteiger partial charge is 0.267 e. The predicted molar refractivity (Wildman–Crippen MR) is 171 cm³/mol. The van der Waals surface area contributed by atoms with Crippen LogP contribution in [0.15, 0.2) is 48.5 Å². The summed E-state index contributed by atoms with van der Waals surface area (Å²) < 4.78 is 66.6. The van der Waals surface area contributed by atoms with Crippen molar-refractivity contribution < 1.29 is 36.6 Å². The molecule has 2 aliphatic rings. The van der Waals surface area contributed by atoms with Crippen molar-refractivity contribution in [1.29, 1.82) is 0 Å². The number of nitrogens with two attached hydrogens (primary N) is 2. The zero-order valence-electron chi connectivity index (χ0n) is 27.0. The number of carbonyl (C=O) groups excluding carboxylic acids is 2. The minimum Gasteiger partial charge on any atom is -0.474 e. The molecular formula is C36H36F4N4O4. The first kappa shape index (κ1) is 34.3. The highest BCUT2D eigenvalue weighted by molar-refractivity contribution is 5.93. The molecule has 4 N–H and O–H groups in total. The second-order valence-electron chi connectivity index (χ2n) is 12.5. The Morgan fingerprint density at radius 2 is 1.02 bits per heavy atom. The molecule has 2 amide bonds. The van der Waals surface area contributed by atoms with Gasteiger partial charge in [-0.15, -0.1) is 0 Å². The van der Waals surface area contributed by atoms with Crippen LogP contribution in [0.2, 0.25) is 0 Å². The average Bonchev–Trinajstić information content (AvgIpc) is 3.03. The predicted octanol–water partition coefficient (Wildman–Crippen LogP) is 6.95. The van der Waals surface area contributed by atoms with Gasteiger partial charge in [0, 0.05) is 34.4 Å². The van der Waals surface area contributed by atoms with Crippen molar-refractivity contribution in [2.24, 2.45) is 23.3 Å². The number of halogens is 4. The molecular weight excluding hydrogens is 628 g/mol. The normalized spacial score (nSPS) is 16.6. The Kier molecular flexibility index (Phi) is 10.0. The molecule has 4 heterocycles. The molecule has 0 spiro atoms. The number of fused-ring (bicyclic) bond motifs is 2. The minimum absolute atomic E-state index is 0.00289. The van der Waals surface area contributed by atoms with Crippen molar-refractivity contribution in [3.8, 4) is 34.0 Å². The third-order valence-electron chi connectivity index (χ3n) is 8.49. The highest BCUT2D eigenvalue weighted by Crippen LogP contribution is 2.39. The number of carbonyl (C=O) groups is 2. The van der Waals surface area contributed by atoms with Gasteiger partial charge in [-0.1, -0.05) is 27.7 Å². The lowest BCUT2D eigenvalue weighted by Gasteiger charge is -2.29. The minimum atomic E-state index is -0.725. The standard InChI is InChI=1S/2C18H18F2N2O2/c2*1-9(2)16-6-5-12-13(11-4-3-10(19)7-14(11)20)8-15(17(21)23)22-18(12)24-16/h2*3-4,7-9,16H,5-6H2,1-2H3,(H2,21,23)/t2*16-/m10/s1. The van der Waals surface area contributed by atoms with Crippen LogP contribution in [0.5, 0.6) is 11.8 Å². The number of pyridine rings is 2. The molecule has 2 aromatic carbocycles. The van der Waals surface area contributed by atoms with Crippen LogP contribution in [0.3, 0.4) is 0 Å². The van der Waals surface area contributed by atoms with Crippen molar-refractivity contribution in [2.75, 3.05) is 0 Å². The third kappa shape index (κ3) is 7.27. The van der Waals surface area contributed by atoms with E-state index in [1.165, 1.54) is 36.4 Å². The van der Waals surface area contributed by atoms with E-state index in [2.05, 4.69) is 9.97 Å². The van der Waals surface area contributed by atoms with Crippen LogP contribution < -0.4 is 20.9 Å². The van der Waals surface area contributed by atoms with Gasteiger partial charge in [-0.25, -0.2) is 27.5 Å². The number of hydrogen-bond donors (Lipinski definition) is 2. The summed E-state index contributed by atoms with van der Waals surface area (Å²) in [4.78, 5) is 31.5. The topological polar surface area (TPSA) is 130 Å². The molecule has 252 valence electrons. The molecule has 2 atom stereocenters. The molecule has 2 aliphatic heterocycles. The van der Waals surface area contributed by atoms with Crippen LogP contribution in [0, 0.1) is 35.1 Å². The van der Waals surface area contributed by atoms with Crippen LogP contribution >= 0.6 is 0 Å². The van der Waals surface area contributed by atoms with Gasteiger partial charge >= 0.3 is 0 Å². The number of aromatic nitrogens is 2. The SMILES string of the molecule is CC(C)[C@@H]1CCc2c(-c3ccc(F)cc3F)cc(C(N)=O)nc2O1.CC(C)[C@H]1CCc2c(-c3ccc(F)cc3F)cc(C(N)=O)nc2O1. The number of benzene rings is 2. The van der Waals surface area contributed by atoms with Crippen molar-refractivity contribution in [1.82, 2.24) is 9.97 Å². The highest BCUT2D eigenvalue weighted by Gasteiger charge is 2.30. The van der Waals surface area contributed by atoms with Gasteiger partial charge in [-0.2, -0.15) is 0 Å². The molecule has 0 saturated carbocycles. The summed E-state index contributed by atoms with van der Waals surface area (Å²) in [6.45, 7) is 8.14. The van der Waals surface area contributed by atoms with Gasteiger partial charge < -0.3 is 20.9 Å². The molecule has 2 aromatic heterocycles. The second-order valence-corrected chi connectivity index (χ2v) is 12.5. The van der Waals surface area contributed by atoms with Crippen molar-refractivity contribution >= 4 is 11.8 Å². The number of amides is 2. The molecule has 0 unspecified atom stereocenters. The van der Waals surface area contributed by atoms with Crippen LogP contribution in [0.1, 0.15) is 72.6 Å². The largest absolute Gasteiger partial charge is 0.474 e. The lowest BCUT2D eigenvalue weighted by atomic mass is 9.91. The Labute approximate surface area is 275 Å². The van der Waals surface area contributed by atoms with E-state index in [0.29, 0.717) is 46.9 Å². The summed E-state index contributed by atoms with van der Waals surface area (Å²) in [5.74, 6) is -3.02. The van der Waals surface area contributed by atoms with E-state index < -0.39 is 35.1 Å². The van der Waals surface area contributed by atoms with E-state index in [1.54, 1.807) is 0 Å². The summed E-state index contributed by atoms with van der Waals surface area (Å²) >= 11 is 0. The Hall–Kier alpha value is -5.00. The van der Waals surface area contributed by atoms with Crippen molar-refractivity contribution in [3.05, 3.63) is 94.3 Å². The molecule has 0 fully saturated rings. The summed E-state index contributed by atoms with van der Waals surface area (Å²) in [6, 6.07) is 9.55. The molecule has 0 radical (unpaired) electrons. The lowest BCUT2D eigenvalue weighted by molar-refractivity contribution is 0.0978. The summed E-state index contributed by atoms with van der Waals surface area (Å²) in [6.07, 6.45) is 2.74.